The van der Waals surface area contributed by atoms with Gasteiger partial charge in [0.2, 0.25) is 0 Å². The standard InChI is InChI=1S/C15H17ClN2O6/c1-23-11-6-8(5-9(16)13(11)24-7-12(17)19)14(20)18-4-2-3-10(18)15(21)22/h5-6,10H,2-4,7H2,1H3,(H2,17,19)(H,21,22). The van der Waals surface area contributed by atoms with E-state index in [1.165, 1.54) is 24.1 Å². The second-order valence-corrected chi connectivity index (χ2v) is 5.65. The number of halogens is 1. The van der Waals surface area contributed by atoms with E-state index in [1.807, 2.05) is 0 Å². The zero-order valence-electron chi connectivity index (χ0n) is 13.0. The molecule has 0 radical (unpaired) electrons. The molecule has 0 bridgehead atoms. The number of nitrogens with zero attached hydrogens (tertiary/aromatic N) is 1. The van der Waals surface area contributed by atoms with Crippen LogP contribution in [0.3, 0.4) is 0 Å². The first-order valence-corrected chi connectivity index (χ1v) is 7.55. The van der Waals surface area contributed by atoms with Crippen molar-refractivity contribution in [1.29, 1.82) is 0 Å². The van der Waals surface area contributed by atoms with E-state index < -0.39 is 30.4 Å². The van der Waals surface area contributed by atoms with Gasteiger partial charge in [-0.15, -0.1) is 0 Å². The predicted octanol–water partition coefficient (Wildman–Crippen LogP) is 0.902. The van der Waals surface area contributed by atoms with Crippen molar-refractivity contribution in [2.45, 2.75) is 18.9 Å². The predicted molar refractivity (Wildman–Crippen MR) is 84.4 cm³/mol. The average molecular weight is 357 g/mol. The number of carbonyl (C=O) groups is 3. The van der Waals surface area contributed by atoms with Gasteiger partial charge in [0.05, 0.1) is 12.1 Å². The van der Waals surface area contributed by atoms with Crippen LogP contribution < -0.4 is 15.2 Å². The zero-order chi connectivity index (χ0) is 17.9. The van der Waals surface area contributed by atoms with E-state index >= 15 is 0 Å². The number of hydrogen-bond donors (Lipinski definition) is 2. The summed E-state index contributed by atoms with van der Waals surface area (Å²) in [5, 5.41) is 9.25. The van der Waals surface area contributed by atoms with E-state index in [2.05, 4.69) is 0 Å². The van der Waals surface area contributed by atoms with E-state index in [-0.39, 0.29) is 22.1 Å². The maximum absolute atomic E-state index is 12.6. The topological polar surface area (TPSA) is 119 Å². The van der Waals surface area contributed by atoms with E-state index in [0.717, 1.165) is 0 Å². The molecule has 1 unspecified atom stereocenters. The molecule has 1 aliphatic rings. The third kappa shape index (κ3) is 3.70. The fourth-order valence-electron chi connectivity index (χ4n) is 2.56. The first-order valence-electron chi connectivity index (χ1n) is 7.17. The van der Waals surface area contributed by atoms with Gasteiger partial charge >= 0.3 is 5.97 Å². The van der Waals surface area contributed by atoms with Crippen molar-refractivity contribution in [1.82, 2.24) is 4.90 Å². The molecule has 0 saturated carbocycles. The fraction of sp³-hybridized carbons (Fsp3) is 0.400. The molecule has 1 aromatic rings. The Labute approximate surface area is 143 Å². The van der Waals surface area contributed by atoms with Gasteiger partial charge in [-0.1, -0.05) is 11.6 Å². The van der Waals surface area contributed by atoms with Gasteiger partial charge in [-0.25, -0.2) is 4.79 Å². The summed E-state index contributed by atoms with van der Waals surface area (Å²) in [6.45, 7) is -0.0355. The number of rotatable bonds is 6. The highest BCUT2D eigenvalue weighted by Gasteiger charge is 2.35. The van der Waals surface area contributed by atoms with Gasteiger partial charge in [0.25, 0.3) is 11.8 Å². The lowest BCUT2D eigenvalue weighted by molar-refractivity contribution is -0.141. The maximum atomic E-state index is 12.6. The highest BCUT2D eigenvalue weighted by atomic mass is 35.5. The third-order valence-electron chi connectivity index (χ3n) is 3.63. The molecule has 2 rings (SSSR count). The number of aliphatic carboxylic acids is 1. The number of hydrogen-bond acceptors (Lipinski definition) is 5. The Balaban J connectivity index is 2.31. The maximum Gasteiger partial charge on any atom is 0.326 e. The first kappa shape index (κ1) is 17.9. The molecule has 8 nitrogen and oxygen atoms in total. The van der Waals surface area contributed by atoms with E-state index in [9.17, 15) is 19.5 Å². The van der Waals surface area contributed by atoms with Crippen LogP contribution in [0.4, 0.5) is 0 Å². The van der Waals surface area contributed by atoms with Crippen molar-refractivity contribution in [3.63, 3.8) is 0 Å². The molecule has 9 heteroatoms. The number of nitrogens with two attached hydrogens (primary N) is 1. The van der Waals surface area contributed by atoms with Gasteiger partial charge in [-0.05, 0) is 25.0 Å². The molecule has 1 aromatic carbocycles. The minimum absolute atomic E-state index is 0.0602. The SMILES string of the molecule is COc1cc(C(=O)N2CCCC2C(=O)O)cc(Cl)c1OCC(N)=O. The Morgan fingerprint density at radius 3 is 2.71 bits per heavy atom. The Bertz CT molecular complexity index is 678. The molecule has 1 heterocycles. The average Bonchev–Trinajstić information content (AvgIpc) is 3.01. The van der Waals surface area contributed by atoms with Crippen molar-refractivity contribution in [2.24, 2.45) is 5.73 Å². The third-order valence-corrected chi connectivity index (χ3v) is 3.91. The second-order valence-electron chi connectivity index (χ2n) is 5.24. The number of likely N-dealkylation sites (tertiary alicyclic amines) is 1. The minimum atomic E-state index is -1.04. The van der Waals surface area contributed by atoms with Crippen molar-refractivity contribution in [3.05, 3.63) is 22.7 Å². The number of ether oxygens (including phenoxy) is 2. The van der Waals surface area contributed by atoms with Crippen molar-refractivity contribution < 1.29 is 29.0 Å². The van der Waals surface area contributed by atoms with E-state index in [4.69, 9.17) is 26.8 Å². The molecule has 0 aliphatic carbocycles. The van der Waals surface area contributed by atoms with Crippen molar-refractivity contribution >= 4 is 29.4 Å². The molecule has 0 spiro atoms. The smallest absolute Gasteiger partial charge is 0.326 e. The van der Waals surface area contributed by atoms with Crippen LogP contribution in [-0.2, 0) is 9.59 Å². The van der Waals surface area contributed by atoms with Gasteiger partial charge in [0.1, 0.15) is 6.04 Å². The molecular formula is C15H17ClN2O6. The number of primary amides is 1. The van der Waals surface area contributed by atoms with Gasteiger partial charge in [-0.2, -0.15) is 0 Å². The lowest BCUT2D eigenvalue weighted by Gasteiger charge is -2.22. The highest BCUT2D eigenvalue weighted by molar-refractivity contribution is 6.32. The van der Waals surface area contributed by atoms with Crippen LogP contribution >= 0.6 is 11.6 Å². The Kier molecular flexibility index (Phi) is 5.50. The van der Waals surface area contributed by atoms with Crippen LogP contribution in [0.1, 0.15) is 23.2 Å². The van der Waals surface area contributed by atoms with Crippen LogP contribution in [0, 0.1) is 0 Å². The molecule has 1 saturated heterocycles. The number of amides is 2. The van der Waals surface area contributed by atoms with E-state index in [1.54, 1.807) is 0 Å². The largest absolute Gasteiger partial charge is 0.493 e. The second kappa shape index (κ2) is 7.39. The van der Waals surface area contributed by atoms with Crippen molar-refractivity contribution in [2.75, 3.05) is 20.3 Å². The summed E-state index contributed by atoms with van der Waals surface area (Å²) in [6, 6.07) is 1.88. The number of methoxy groups -OCH3 is 1. The lowest BCUT2D eigenvalue weighted by atomic mass is 10.1. The summed E-state index contributed by atoms with van der Waals surface area (Å²) in [4.78, 5) is 35.9. The first-order chi connectivity index (χ1) is 11.3. The number of carboxylic acids is 1. The lowest BCUT2D eigenvalue weighted by Crippen LogP contribution is -2.40. The van der Waals surface area contributed by atoms with E-state index in [0.29, 0.717) is 19.4 Å². The summed E-state index contributed by atoms with van der Waals surface area (Å²) in [6.07, 6.45) is 1.03. The van der Waals surface area contributed by atoms with Crippen LogP contribution in [0.25, 0.3) is 0 Å². The van der Waals surface area contributed by atoms with Crippen LogP contribution in [-0.4, -0.2) is 54.1 Å². The minimum Gasteiger partial charge on any atom is -0.493 e. The van der Waals surface area contributed by atoms with Gasteiger partial charge < -0.3 is 25.2 Å². The number of benzene rings is 1. The number of carboxylic acid groups (broad SMARTS) is 1. The normalized spacial score (nSPS) is 16.8. The summed E-state index contributed by atoms with van der Waals surface area (Å²) < 4.78 is 10.3. The van der Waals surface area contributed by atoms with Crippen LogP contribution in [0.5, 0.6) is 11.5 Å². The highest BCUT2D eigenvalue weighted by Crippen LogP contribution is 2.37. The molecule has 1 atom stereocenters. The summed E-state index contributed by atoms with van der Waals surface area (Å²) in [7, 11) is 1.35. The molecule has 24 heavy (non-hydrogen) atoms. The molecule has 3 N–H and O–H groups in total. The number of carbonyl (C=O) groups excluding carboxylic acids is 2. The summed E-state index contributed by atoms with van der Waals surface area (Å²) in [5.41, 5.74) is 5.20. The van der Waals surface area contributed by atoms with Gasteiger partial charge in [0.15, 0.2) is 18.1 Å². The molecule has 1 fully saturated rings. The van der Waals surface area contributed by atoms with Crippen LogP contribution in [0.2, 0.25) is 5.02 Å². The Morgan fingerprint density at radius 1 is 1.42 bits per heavy atom. The molecule has 1 aliphatic heterocycles. The van der Waals surface area contributed by atoms with Crippen LogP contribution in [0.15, 0.2) is 12.1 Å². The molecule has 130 valence electrons. The Morgan fingerprint density at radius 2 is 2.12 bits per heavy atom. The monoisotopic (exact) mass is 356 g/mol. The van der Waals surface area contributed by atoms with Crippen molar-refractivity contribution in [3.8, 4) is 11.5 Å². The molecule has 0 aromatic heterocycles. The zero-order valence-corrected chi connectivity index (χ0v) is 13.7. The quantitative estimate of drug-likeness (QED) is 0.781. The van der Waals surface area contributed by atoms with Gasteiger partial charge in [-0.3, -0.25) is 9.59 Å². The summed E-state index contributed by atoms with van der Waals surface area (Å²) in [5.74, 6) is -1.94. The molecular weight excluding hydrogens is 340 g/mol. The van der Waals surface area contributed by atoms with Gasteiger partial charge in [0, 0.05) is 12.1 Å². The molecule has 2 amide bonds. The Hall–Kier alpha value is -2.48. The summed E-state index contributed by atoms with van der Waals surface area (Å²) >= 11 is 6.10. The fourth-order valence-corrected chi connectivity index (χ4v) is 2.82.